The van der Waals surface area contributed by atoms with Crippen molar-refractivity contribution in [2.45, 2.75) is 20.0 Å². The number of nitrogens with zero attached hydrogens (tertiary/aromatic N) is 3. The molecule has 124 valence electrons. The van der Waals surface area contributed by atoms with Crippen LogP contribution < -0.4 is 4.74 Å². The lowest BCUT2D eigenvalue weighted by Crippen LogP contribution is -2.22. The van der Waals surface area contributed by atoms with Gasteiger partial charge in [-0.15, -0.1) is 0 Å². The van der Waals surface area contributed by atoms with Crippen molar-refractivity contribution in [2.75, 3.05) is 13.7 Å². The molecule has 0 spiro atoms. The second-order valence-electron chi connectivity index (χ2n) is 5.53. The maximum Gasteiger partial charge on any atom is 0.257 e. The average Bonchev–Trinajstić information content (AvgIpc) is 3.10. The largest absolute Gasteiger partial charge is 0.497 e. The molecule has 0 aliphatic rings. The van der Waals surface area contributed by atoms with E-state index in [1.54, 1.807) is 7.11 Å². The first-order valence-corrected chi connectivity index (χ1v) is 8.01. The molecule has 5 heteroatoms. The molecule has 0 aliphatic heterocycles. The van der Waals surface area contributed by atoms with Crippen LogP contribution in [0.1, 0.15) is 18.3 Å². The van der Waals surface area contributed by atoms with E-state index in [-0.39, 0.29) is 0 Å². The fourth-order valence-electron chi connectivity index (χ4n) is 2.49. The van der Waals surface area contributed by atoms with Crippen molar-refractivity contribution < 1.29 is 9.26 Å². The summed E-state index contributed by atoms with van der Waals surface area (Å²) in [6.07, 6.45) is 0. The van der Waals surface area contributed by atoms with Crippen molar-refractivity contribution in [3.05, 3.63) is 66.0 Å². The molecule has 0 fully saturated rings. The number of ether oxygens (including phenoxy) is 1. The summed E-state index contributed by atoms with van der Waals surface area (Å²) < 4.78 is 10.6. The van der Waals surface area contributed by atoms with Gasteiger partial charge in [0.25, 0.3) is 5.89 Å². The van der Waals surface area contributed by atoms with Crippen LogP contribution in [-0.2, 0) is 13.1 Å². The summed E-state index contributed by atoms with van der Waals surface area (Å²) in [5, 5.41) is 4.11. The minimum absolute atomic E-state index is 0.531. The molecule has 1 aromatic heterocycles. The van der Waals surface area contributed by atoms with E-state index < -0.39 is 0 Å². The fraction of sp³-hybridized carbons (Fsp3) is 0.263. The highest BCUT2D eigenvalue weighted by Gasteiger charge is 2.12. The van der Waals surface area contributed by atoms with Crippen LogP contribution in [0.3, 0.4) is 0 Å². The quantitative estimate of drug-likeness (QED) is 0.662. The normalized spacial score (nSPS) is 11.0. The monoisotopic (exact) mass is 323 g/mol. The van der Waals surface area contributed by atoms with Gasteiger partial charge in [0.2, 0.25) is 0 Å². The second-order valence-corrected chi connectivity index (χ2v) is 5.53. The molecule has 2 aromatic carbocycles. The van der Waals surface area contributed by atoms with Crippen molar-refractivity contribution >= 4 is 0 Å². The zero-order chi connectivity index (χ0) is 16.8. The molecule has 3 rings (SSSR count). The Morgan fingerprint density at radius 1 is 1.00 bits per heavy atom. The van der Waals surface area contributed by atoms with Crippen LogP contribution >= 0.6 is 0 Å². The Balaban J connectivity index is 1.67. The number of benzene rings is 2. The van der Waals surface area contributed by atoms with E-state index in [4.69, 9.17) is 9.26 Å². The van der Waals surface area contributed by atoms with Crippen LogP contribution in [0.4, 0.5) is 0 Å². The Labute approximate surface area is 141 Å². The average molecular weight is 323 g/mol. The molecule has 0 N–H and O–H groups in total. The molecule has 1 heterocycles. The number of rotatable bonds is 7. The van der Waals surface area contributed by atoms with Crippen LogP contribution in [0.15, 0.2) is 59.1 Å². The smallest absolute Gasteiger partial charge is 0.257 e. The molecule has 0 aliphatic carbocycles. The highest BCUT2D eigenvalue weighted by molar-refractivity contribution is 5.54. The zero-order valence-electron chi connectivity index (χ0n) is 14.0. The Hall–Kier alpha value is -2.66. The predicted octanol–water partition coefficient (Wildman–Crippen LogP) is 3.77. The highest BCUT2D eigenvalue weighted by Crippen LogP contribution is 2.21. The molecule has 0 saturated heterocycles. The maximum atomic E-state index is 5.39. The van der Waals surface area contributed by atoms with E-state index in [1.165, 1.54) is 5.56 Å². The summed E-state index contributed by atoms with van der Waals surface area (Å²) in [5.41, 5.74) is 2.17. The van der Waals surface area contributed by atoms with Gasteiger partial charge in [-0.2, -0.15) is 4.98 Å². The van der Waals surface area contributed by atoms with Gasteiger partial charge in [-0.1, -0.05) is 42.4 Å². The standard InChI is InChI=1S/C19H21N3O2/c1-3-22(13-15-7-5-4-6-8-15)14-18-20-19(24-21-18)16-9-11-17(23-2)12-10-16/h4-12H,3,13-14H2,1-2H3. The maximum absolute atomic E-state index is 5.39. The summed E-state index contributed by atoms with van der Waals surface area (Å²) in [6.45, 7) is 4.57. The lowest BCUT2D eigenvalue weighted by molar-refractivity contribution is 0.259. The number of hydrogen-bond acceptors (Lipinski definition) is 5. The Kier molecular flexibility index (Phi) is 5.23. The van der Waals surface area contributed by atoms with Gasteiger partial charge in [-0.25, -0.2) is 0 Å². The molecular formula is C19H21N3O2. The van der Waals surface area contributed by atoms with E-state index in [2.05, 4.69) is 46.2 Å². The predicted molar refractivity (Wildman–Crippen MR) is 92.5 cm³/mol. The molecule has 0 amide bonds. The van der Waals surface area contributed by atoms with E-state index in [0.29, 0.717) is 18.3 Å². The lowest BCUT2D eigenvalue weighted by atomic mass is 10.2. The van der Waals surface area contributed by atoms with Gasteiger partial charge < -0.3 is 9.26 Å². The second kappa shape index (κ2) is 7.75. The van der Waals surface area contributed by atoms with Gasteiger partial charge in [0.1, 0.15) is 5.75 Å². The molecule has 0 unspecified atom stereocenters. The van der Waals surface area contributed by atoms with E-state index >= 15 is 0 Å². The topological polar surface area (TPSA) is 51.4 Å². The van der Waals surface area contributed by atoms with Crippen molar-refractivity contribution in [3.63, 3.8) is 0 Å². The molecular weight excluding hydrogens is 302 g/mol. The molecule has 0 saturated carbocycles. The van der Waals surface area contributed by atoms with Gasteiger partial charge >= 0.3 is 0 Å². The minimum atomic E-state index is 0.531. The van der Waals surface area contributed by atoms with Crippen LogP contribution in [0.2, 0.25) is 0 Å². The lowest BCUT2D eigenvalue weighted by Gasteiger charge is -2.18. The molecule has 24 heavy (non-hydrogen) atoms. The summed E-state index contributed by atoms with van der Waals surface area (Å²) in [6, 6.07) is 18.0. The van der Waals surface area contributed by atoms with E-state index in [9.17, 15) is 0 Å². The molecule has 0 atom stereocenters. The molecule has 3 aromatic rings. The van der Waals surface area contributed by atoms with Gasteiger partial charge in [0.05, 0.1) is 13.7 Å². The first-order chi connectivity index (χ1) is 11.8. The van der Waals surface area contributed by atoms with Crippen LogP contribution in [0, 0.1) is 0 Å². The third-order valence-electron chi connectivity index (χ3n) is 3.87. The summed E-state index contributed by atoms with van der Waals surface area (Å²) in [4.78, 5) is 6.78. The third kappa shape index (κ3) is 4.00. The fourth-order valence-corrected chi connectivity index (χ4v) is 2.49. The summed E-state index contributed by atoms with van der Waals surface area (Å²) in [7, 11) is 1.64. The summed E-state index contributed by atoms with van der Waals surface area (Å²) >= 11 is 0. The van der Waals surface area contributed by atoms with Gasteiger partial charge in [-0.3, -0.25) is 4.90 Å². The van der Waals surface area contributed by atoms with Gasteiger partial charge in [-0.05, 0) is 36.4 Å². The number of aromatic nitrogens is 2. The van der Waals surface area contributed by atoms with Crippen LogP contribution in [0.5, 0.6) is 5.75 Å². The van der Waals surface area contributed by atoms with Crippen LogP contribution in [-0.4, -0.2) is 28.7 Å². The van der Waals surface area contributed by atoms with Crippen molar-refractivity contribution in [1.29, 1.82) is 0 Å². The number of methoxy groups -OCH3 is 1. The first-order valence-electron chi connectivity index (χ1n) is 8.01. The zero-order valence-corrected chi connectivity index (χ0v) is 14.0. The van der Waals surface area contributed by atoms with Crippen molar-refractivity contribution in [1.82, 2.24) is 15.0 Å². The third-order valence-corrected chi connectivity index (χ3v) is 3.87. The van der Waals surface area contributed by atoms with E-state index in [1.807, 2.05) is 30.3 Å². The molecule has 0 radical (unpaired) electrons. The van der Waals surface area contributed by atoms with Crippen molar-refractivity contribution in [3.8, 4) is 17.2 Å². The van der Waals surface area contributed by atoms with Crippen molar-refractivity contribution in [2.24, 2.45) is 0 Å². The number of hydrogen-bond donors (Lipinski definition) is 0. The summed E-state index contributed by atoms with van der Waals surface area (Å²) in [5.74, 6) is 2.03. The molecule has 0 bridgehead atoms. The van der Waals surface area contributed by atoms with Gasteiger partial charge in [0.15, 0.2) is 5.82 Å². The van der Waals surface area contributed by atoms with Crippen LogP contribution in [0.25, 0.3) is 11.5 Å². The Morgan fingerprint density at radius 2 is 1.75 bits per heavy atom. The SMILES string of the molecule is CCN(Cc1ccccc1)Cc1noc(-c2ccc(OC)cc2)n1. The Bertz CT molecular complexity index is 754. The first kappa shape index (κ1) is 16.2. The minimum Gasteiger partial charge on any atom is -0.497 e. The van der Waals surface area contributed by atoms with E-state index in [0.717, 1.165) is 24.4 Å². The Morgan fingerprint density at radius 3 is 2.42 bits per heavy atom. The van der Waals surface area contributed by atoms with Gasteiger partial charge in [0, 0.05) is 12.1 Å². The molecule has 5 nitrogen and oxygen atoms in total. The highest BCUT2D eigenvalue weighted by atomic mass is 16.5.